The zero-order valence-electron chi connectivity index (χ0n) is 27.8. The third-order valence-corrected chi connectivity index (χ3v) is 9.93. The van der Waals surface area contributed by atoms with E-state index in [0.717, 1.165) is 49.3 Å². The van der Waals surface area contributed by atoms with E-state index in [2.05, 4.69) is 4.90 Å². The molecule has 1 unspecified atom stereocenters. The number of anilines is 1. The summed E-state index contributed by atoms with van der Waals surface area (Å²) in [5.74, 6) is -1.60. The van der Waals surface area contributed by atoms with E-state index < -0.39 is 35.4 Å². The van der Waals surface area contributed by atoms with Crippen LogP contribution in [0.5, 0.6) is 11.5 Å². The molecule has 0 saturated carbocycles. The first kappa shape index (κ1) is 36.2. The van der Waals surface area contributed by atoms with Gasteiger partial charge in [0.2, 0.25) is 0 Å². The molecule has 51 heavy (non-hydrogen) atoms. The van der Waals surface area contributed by atoms with Crippen molar-refractivity contribution in [2.75, 3.05) is 38.8 Å². The van der Waals surface area contributed by atoms with Crippen molar-refractivity contribution in [3.05, 3.63) is 122 Å². The van der Waals surface area contributed by atoms with E-state index in [1.165, 1.54) is 44.6 Å². The number of carbonyl (C=O) groups is 2. The van der Waals surface area contributed by atoms with Gasteiger partial charge in [-0.2, -0.15) is 4.73 Å². The second kappa shape index (κ2) is 15.7. The smallest absolute Gasteiger partial charge is 0.415 e. The number of fused-ring (bicyclic) bond motifs is 3. The van der Waals surface area contributed by atoms with Crippen molar-refractivity contribution in [3.63, 3.8) is 0 Å². The van der Waals surface area contributed by atoms with Crippen molar-refractivity contribution in [2.45, 2.75) is 38.0 Å². The highest BCUT2D eigenvalue weighted by Gasteiger charge is 2.38. The quantitative estimate of drug-likeness (QED) is 0.0897. The molecule has 4 aromatic rings. The molecular weight excluding hydrogens is 707 g/mol. The van der Waals surface area contributed by atoms with Crippen LogP contribution in [0.3, 0.4) is 0 Å². The highest BCUT2D eigenvalue weighted by Crippen LogP contribution is 2.36. The molecule has 3 saturated heterocycles. The average Bonchev–Trinajstić information content (AvgIpc) is 3.12. The number of ether oxygens (including phenoxy) is 4. The molecule has 3 aliphatic rings. The van der Waals surface area contributed by atoms with E-state index in [1.54, 1.807) is 24.3 Å². The fourth-order valence-corrected chi connectivity index (χ4v) is 7.15. The molecule has 3 aromatic carbocycles. The van der Waals surface area contributed by atoms with E-state index in [1.807, 2.05) is 0 Å². The molecule has 7 rings (SSSR count). The van der Waals surface area contributed by atoms with Gasteiger partial charge in [-0.3, -0.25) is 9.80 Å². The Labute approximate surface area is 303 Å². The first-order chi connectivity index (χ1) is 24.5. The second-order valence-corrected chi connectivity index (χ2v) is 13.2. The van der Waals surface area contributed by atoms with Crippen LogP contribution in [0.25, 0.3) is 0 Å². The van der Waals surface area contributed by atoms with Crippen molar-refractivity contribution in [1.29, 1.82) is 0 Å². The number of carbonyl (C=O) groups excluding carboxylic acids is 2. The Balaban J connectivity index is 1.29. The van der Waals surface area contributed by atoms with Gasteiger partial charge in [-0.15, -0.1) is 0 Å². The van der Waals surface area contributed by atoms with Gasteiger partial charge in [0, 0.05) is 18.5 Å². The number of aromatic nitrogens is 1. The first-order valence-electron chi connectivity index (χ1n) is 16.3. The lowest BCUT2D eigenvalue weighted by atomic mass is 9.86. The number of halogens is 4. The minimum absolute atomic E-state index is 0.0261. The molecule has 2 atom stereocenters. The summed E-state index contributed by atoms with van der Waals surface area (Å²) in [5.41, 5.74) is 0.606. The zero-order chi connectivity index (χ0) is 36.2. The summed E-state index contributed by atoms with van der Waals surface area (Å²) < 4.78 is 53.6. The molecule has 0 radical (unpaired) electrons. The summed E-state index contributed by atoms with van der Waals surface area (Å²) in [6.45, 7) is 2.27. The molecule has 4 heterocycles. The van der Waals surface area contributed by atoms with Gasteiger partial charge in [0.25, 0.3) is 0 Å². The molecule has 1 amide bonds. The van der Waals surface area contributed by atoms with Gasteiger partial charge < -0.3 is 24.2 Å². The Morgan fingerprint density at radius 2 is 1.67 bits per heavy atom. The maximum Gasteiger partial charge on any atom is 0.415 e. The zero-order valence-corrected chi connectivity index (χ0v) is 29.3. The first-order valence-corrected chi connectivity index (χ1v) is 17.0. The van der Waals surface area contributed by atoms with Gasteiger partial charge in [0.05, 0.1) is 32.0 Å². The Morgan fingerprint density at radius 3 is 2.31 bits per heavy atom. The second-order valence-electron chi connectivity index (χ2n) is 12.4. The predicted molar refractivity (Wildman–Crippen MR) is 185 cm³/mol. The number of esters is 1. The number of amides is 1. The van der Waals surface area contributed by atoms with E-state index >= 15 is 8.78 Å². The molecule has 14 heteroatoms. The van der Waals surface area contributed by atoms with Gasteiger partial charge in [0.15, 0.2) is 23.9 Å². The molecule has 10 nitrogen and oxygen atoms in total. The van der Waals surface area contributed by atoms with Crippen molar-refractivity contribution >= 4 is 41.0 Å². The summed E-state index contributed by atoms with van der Waals surface area (Å²) in [7, 11) is 2.91. The minimum atomic E-state index is -1.09. The Bertz CT molecular complexity index is 1900. The fourth-order valence-electron chi connectivity index (χ4n) is 6.55. The molecule has 268 valence electrons. The summed E-state index contributed by atoms with van der Waals surface area (Å²) in [4.78, 5) is 30.8. The van der Waals surface area contributed by atoms with Crippen LogP contribution >= 0.6 is 23.2 Å². The van der Waals surface area contributed by atoms with Crippen LogP contribution in [0.15, 0.2) is 73.1 Å². The van der Waals surface area contributed by atoms with Crippen LogP contribution < -0.4 is 19.1 Å². The van der Waals surface area contributed by atoms with E-state index in [0.29, 0.717) is 39.5 Å². The summed E-state index contributed by atoms with van der Waals surface area (Å²) in [5, 5.41) is 12.0. The number of piperidine rings is 3. The number of para-hydroxylation sites is 1. The van der Waals surface area contributed by atoms with E-state index in [-0.39, 0.29) is 40.7 Å². The number of rotatable bonds is 11. The van der Waals surface area contributed by atoms with Crippen LogP contribution in [0.1, 0.15) is 46.0 Å². The molecule has 3 aliphatic heterocycles. The Kier molecular flexibility index (Phi) is 11.1. The standard InChI is InChI=1S/C37H35Cl2F2N3O7/c1-48-32-10-8-24(16-34(32)49-2)33(17-25-27(38)19-43(47)20-28(25)39)50-36(45)26-15-22(7-9-29(26)40)18-44(31-6-4-3-5-30(31)41)37(46)51-35-21-42-13-11-23(35)12-14-42/h3-10,15-16,19-20,23,33,35H,11-14,17-18,21H2,1-2H3/t33?,35-/m0/s1. The number of benzene rings is 3. The highest BCUT2D eigenvalue weighted by atomic mass is 35.5. The number of nitrogens with zero attached hydrogens (tertiary/aromatic N) is 3. The fraction of sp³-hybridized carbons (Fsp3) is 0.324. The highest BCUT2D eigenvalue weighted by molar-refractivity contribution is 6.35. The maximum absolute atomic E-state index is 15.4. The number of pyridine rings is 1. The summed E-state index contributed by atoms with van der Waals surface area (Å²) in [6.07, 6.45) is 1.77. The van der Waals surface area contributed by atoms with E-state index in [9.17, 15) is 14.8 Å². The third-order valence-electron chi connectivity index (χ3n) is 9.28. The van der Waals surface area contributed by atoms with E-state index in [4.69, 9.17) is 42.1 Å². The SMILES string of the molecule is COc1ccc(C(Cc2c(Cl)c[n+]([O-])cc2Cl)OC(=O)c2cc(CN(C(=O)O[C@H]3CN4CCC3CC4)c3ccccc3F)ccc2F)cc1OC. The molecule has 1 aromatic heterocycles. The summed E-state index contributed by atoms with van der Waals surface area (Å²) >= 11 is 12.7. The van der Waals surface area contributed by atoms with Crippen LogP contribution in [0, 0.1) is 22.8 Å². The molecule has 0 N–H and O–H groups in total. The number of hydrogen-bond donors (Lipinski definition) is 0. The predicted octanol–water partition coefficient (Wildman–Crippen LogP) is 7.30. The Morgan fingerprint density at radius 1 is 0.961 bits per heavy atom. The molecule has 0 spiro atoms. The van der Waals surface area contributed by atoms with Gasteiger partial charge >= 0.3 is 12.1 Å². The molecule has 2 bridgehead atoms. The topological polar surface area (TPSA) is 104 Å². The maximum atomic E-state index is 15.4. The molecule has 0 aliphatic carbocycles. The lowest BCUT2D eigenvalue weighted by Crippen LogP contribution is -2.53. The summed E-state index contributed by atoms with van der Waals surface area (Å²) in [6, 6.07) is 14.3. The van der Waals surface area contributed by atoms with Gasteiger partial charge in [0.1, 0.15) is 33.9 Å². The third kappa shape index (κ3) is 8.14. The van der Waals surface area contributed by atoms with Gasteiger partial charge in [-0.1, -0.05) is 47.5 Å². The largest absolute Gasteiger partial charge is 0.619 e. The van der Waals surface area contributed by atoms with Crippen LogP contribution in [0.2, 0.25) is 10.0 Å². The van der Waals surface area contributed by atoms with Crippen LogP contribution in [-0.2, 0) is 22.4 Å². The molecule has 3 fully saturated rings. The van der Waals surface area contributed by atoms with Crippen molar-refractivity contribution < 1.29 is 42.0 Å². The van der Waals surface area contributed by atoms with Crippen LogP contribution in [0.4, 0.5) is 19.3 Å². The monoisotopic (exact) mass is 741 g/mol. The lowest BCUT2D eigenvalue weighted by Gasteiger charge is -2.44. The van der Waals surface area contributed by atoms with Crippen molar-refractivity contribution in [1.82, 2.24) is 4.90 Å². The molecular formula is C37H35Cl2F2N3O7. The average molecular weight is 743 g/mol. The van der Waals surface area contributed by atoms with Crippen molar-refractivity contribution in [3.8, 4) is 11.5 Å². The number of methoxy groups -OCH3 is 2. The lowest BCUT2D eigenvalue weighted by molar-refractivity contribution is -0.605. The van der Waals surface area contributed by atoms with Crippen molar-refractivity contribution in [2.24, 2.45) is 5.92 Å². The van der Waals surface area contributed by atoms with Crippen LogP contribution in [-0.4, -0.2) is 56.9 Å². The number of hydrogen-bond acceptors (Lipinski definition) is 8. The normalized spacial score (nSPS) is 18.5. The minimum Gasteiger partial charge on any atom is -0.619 e. The Hall–Kier alpha value is -4.65. The van der Waals surface area contributed by atoms with Gasteiger partial charge in [-0.05, 0) is 79.4 Å². The van der Waals surface area contributed by atoms with Gasteiger partial charge in [-0.25, -0.2) is 18.4 Å².